The molecule has 0 radical (unpaired) electrons. The molecule has 0 aliphatic rings. The SMILES string of the molecule is CCC(C)NC(=O)c1cnccc1N. The van der Waals surface area contributed by atoms with Crippen LogP contribution in [0.5, 0.6) is 0 Å². The van der Waals surface area contributed by atoms with Crippen LogP contribution >= 0.6 is 0 Å². The van der Waals surface area contributed by atoms with Gasteiger partial charge in [0.2, 0.25) is 0 Å². The number of nitrogens with one attached hydrogen (secondary N) is 1. The van der Waals surface area contributed by atoms with E-state index in [9.17, 15) is 4.79 Å². The number of hydrogen-bond donors (Lipinski definition) is 2. The van der Waals surface area contributed by atoms with Crippen LogP contribution < -0.4 is 11.1 Å². The first-order valence-electron chi connectivity index (χ1n) is 4.65. The van der Waals surface area contributed by atoms with Gasteiger partial charge in [0.05, 0.1) is 5.56 Å². The topological polar surface area (TPSA) is 68.0 Å². The van der Waals surface area contributed by atoms with Gasteiger partial charge in [-0.25, -0.2) is 0 Å². The zero-order valence-corrected chi connectivity index (χ0v) is 8.45. The molecule has 4 heteroatoms. The molecule has 0 spiro atoms. The standard InChI is InChI=1S/C10H15N3O/c1-3-7(2)13-10(14)8-6-12-5-4-9(8)11/h4-7H,3H2,1-2H3,(H2,11,12)(H,13,14). The van der Waals surface area contributed by atoms with Crippen molar-refractivity contribution in [1.29, 1.82) is 0 Å². The number of aromatic nitrogens is 1. The maximum absolute atomic E-state index is 11.6. The van der Waals surface area contributed by atoms with Gasteiger partial charge in [-0.15, -0.1) is 0 Å². The van der Waals surface area contributed by atoms with E-state index in [-0.39, 0.29) is 11.9 Å². The van der Waals surface area contributed by atoms with Crippen molar-refractivity contribution in [2.45, 2.75) is 26.3 Å². The summed E-state index contributed by atoms with van der Waals surface area (Å²) in [4.78, 5) is 15.5. The molecule has 1 rings (SSSR count). The number of amides is 1. The Bertz CT molecular complexity index is 325. The van der Waals surface area contributed by atoms with Crippen LogP contribution in [0.25, 0.3) is 0 Å². The van der Waals surface area contributed by atoms with Crippen molar-refractivity contribution in [1.82, 2.24) is 10.3 Å². The molecule has 1 unspecified atom stereocenters. The highest BCUT2D eigenvalue weighted by atomic mass is 16.1. The number of nitrogens with two attached hydrogens (primary N) is 1. The van der Waals surface area contributed by atoms with Gasteiger partial charge in [-0.2, -0.15) is 0 Å². The van der Waals surface area contributed by atoms with Crippen LogP contribution in [0.2, 0.25) is 0 Å². The highest BCUT2D eigenvalue weighted by Crippen LogP contribution is 2.08. The number of rotatable bonds is 3. The van der Waals surface area contributed by atoms with E-state index >= 15 is 0 Å². The maximum Gasteiger partial charge on any atom is 0.255 e. The molecule has 1 aromatic rings. The van der Waals surface area contributed by atoms with E-state index in [1.54, 1.807) is 12.3 Å². The Morgan fingerprint density at radius 1 is 1.71 bits per heavy atom. The van der Waals surface area contributed by atoms with Crippen LogP contribution in [0.15, 0.2) is 18.5 Å². The third-order valence-corrected chi connectivity index (χ3v) is 2.09. The zero-order chi connectivity index (χ0) is 10.6. The first kappa shape index (κ1) is 10.5. The smallest absolute Gasteiger partial charge is 0.255 e. The van der Waals surface area contributed by atoms with Crippen molar-refractivity contribution < 1.29 is 4.79 Å². The fourth-order valence-electron chi connectivity index (χ4n) is 0.999. The number of pyridine rings is 1. The summed E-state index contributed by atoms with van der Waals surface area (Å²) < 4.78 is 0. The van der Waals surface area contributed by atoms with Crippen molar-refractivity contribution in [3.63, 3.8) is 0 Å². The van der Waals surface area contributed by atoms with Crippen LogP contribution in [0.3, 0.4) is 0 Å². The normalized spacial score (nSPS) is 12.1. The van der Waals surface area contributed by atoms with Crippen LogP contribution in [-0.4, -0.2) is 16.9 Å². The van der Waals surface area contributed by atoms with Gasteiger partial charge < -0.3 is 11.1 Å². The molecule has 1 amide bonds. The molecule has 0 aromatic carbocycles. The largest absolute Gasteiger partial charge is 0.398 e. The quantitative estimate of drug-likeness (QED) is 0.757. The first-order valence-corrected chi connectivity index (χ1v) is 4.65. The monoisotopic (exact) mass is 193 g/mol. The summed E-state index contributed by atoms with van der Waals surface area (Å²) in [5.74, 6) is -0.162. The lowest BCUT2D eigenvalue weighted by Crippen LogP contribution is -2.32. The van der Waals surface area contributed by atoms with Crippen molar-refractivity contribution in [3.8, 4) is 0 Å². The number of nitrogens with zero attached hydrogens (tertiary/aromatic N) is 1. The number of carbonyl (C=O) groups excluding carboxylic acids is 1. The van der Waals surface area contributed by atoms with Gasteiger partial charge in [0, 0.05) is 24.1 Å². The third-order valence-electron chi connectivity index (χ3n) is 2.09. The van der Waals surface area contributed by atoms with E-state index in [2.05, 4.69) is 10.3 Å². The maximum atomic E-state index is 11.6. The van der Waals surface area contributed by atoms with Crippen molar-refractivity contribution in [3.05, 3.63) is 24.0 Å². The minimum atomic E-state index is -0.162. The molecular weight excluding hydrogens is 178 g/mol. The van der Waals surface area contributed by atoms with E-state index in [0.717, 1.165) is 6.42 Å². The van der Waals surface area contributed by atoms with E-state index in [1.807, 2.05) is 13.8 Å². The van der Waals surface area contributed by atoms with Crippen LogP contribution in [0, 0.1) is 0 Å². The van der Waals surface area contributed by atoms with Crippen LogP contribution in [0.4, 0.5) is 5.69 Å². The lowest BCUT2D eigenvalue weighted by molar-refractivity contribution is 0.0940. The average molecular weight is 193 g/mol. The molecular formula is C10H15N3O. The Morgan fingerprint density at radius 3 is 3.00 bits per heavy atom. The molecule has 0 saturated heterocycles. The van der Waals surface area contributed by atoms with Crippen molar-refractivity contribution in [2.75, 3.05) is 5.73 Å². The number of anilines is 1. The highest BCUT2D eigenvalue weighted by Gasteiger charge is 2.10. The summed E-state index contributed by atoms with van der Waals surface area (Å²) in [6.45, 7) is 3.96. The Balaban J connectivity index is 2.75. The lowest BCUT2D eigenvalue weighted by Gasteiger charge is -2.11. The summed E-state index contributed by atoms with van der Waals surface area (Å²) in [7, 11) is 0. The Morgan fingerprint density at radius 2 is 2.43 bits per heavy atom. The molecule has 0 aliphatic carbocycles. The fraction of sp³-hybridized carbons (Fsp3) is 0.400. The molecule has 3 N–H and O–H groups in total. The molecule has 1 atom stereocenters. The summed E-state index contributed by atoms with van der Waals surface area (Å²) in [6, 6.07) is 1.77. The Kier molecular flexibility index (Phi) is 3.45. The third kappa shape index (κ3) is 2.45. The van der Waals surface area contributed by atoms with Gasteiger partial charge in [-0.1, -0.05) is 6.92 Å². The number of carbonyl (C=O) groups is 1. The number of nitrogen functional groups attached to an aromatic ring is 1. The van der Waals surface area contributed by atoms with E-state index in [1.165, 1.54) is 6.20 Å². The summed E-state index contributed by atoms with van der Waals surface area (Å²) in [5.41, 5.74) is 6.53. The fourth-order valence-corrected chi connectivity index (χ4v) is 0.999. The lowest BCUT2D eigenvalue weighted by atomic mass is 10.2. The van der Waals surface area contributed by atoms with Gasteiger partial charge in [0.15, 0.2) is 0 Å². The summed E-state index contributed by atoms with van der Waals surface area (Å²) in [6.07, 6.45) is 3.94. The van der Waals surface area contributed by atoms with Gasteiger partial charge in [-0.3, -0.25) is 9.78 Å². The molecule has 1 aromatic heterocycles. The molecule has 76 valence electrons. The summed E-state index contributed by atoms with van der Waals surface area (Å²) in [5, 5.41) is 2.83. The molecule has 4 nitrogen and oxygen atoms in total. The van der Waals surface area contributed by atoms with Crippen LogP contribution in [0.1, 0.15) is 30.6 Å². The predicted molar refractivity (Wildman–Crippen MR) is 55.9 cm³/mol. The first-order chi connectivity index (χ1) is 6.65. The molecule has 0 aliphatic heterocycles. The summed E-state index contributed by atoms with van der Waals surface area (Å²) >= 11 is 0. The van der Waals surface area contributed by atoms with Gasteiger partial charge in [0.1, 0.15) is 0 Å². The van der Waals surface area contributed by atoms with Gasteiger partial charge >= 0.3 is 0 Å². The van der Waals surface area contributed by atoms with Crippen molar-refractivity contribution in [2.24, 2.45) is 0 Å². The van der Waals surface area contributed by atoms with Crippen molar-refractivity contribution >= 4 is 11.6 Å². The predicted octanol–water partition coefficient (Wildman–Crippen LogP) is 1.19. The molecule has 1 heterocycles. The molecule has 14 heavy (non-hydrogen) atoms. The second-order valence-electron chi connectivity index (χ2n) is 3.25. The minimum Gasteiger partial charge on any atom is -0.398 e. The second kappa shape index (κ2) is 4.60. The number of hydrogen-bond acceptors (Lipinski definition) is 3. The molecule has 0 bridgehead atoms. The molecule has 0 saturated carbocycles. The van der Waals surface area contributed by atoms with E-state index in [4.69, 9.17) is 5.73 Å². The zero-order valence-electron chi connectivity index (χ0n) is 8.45. The second-order valence-corrected chi connectivity index (χ2v) is 3.25. The Labute approximate surface area is 83.5 Å². The van der Waals surface area contributed by atoms with E-state index < -0.39 is 0 Å². The Hall–Kier alpha value is -1.58. The van der Waals surface area contributed by atoms with Gasteiger partial charge in [0.25, 0.3) is 5.91 Å². The van der Waals surface area contributed by atoms with Crippen LogP contribution in [-0.2, 0) is 0 Å². The minimum absolute atomic E-state index is 0.155. The highest BCUT2D eigenvalue weighted by molar-refractivity contribution is 5.98. The van der Waals surface area contributed by atoms with E-state index in [0.29, 0.717) is 11.3 Å². The average Bonchev–Trinajstić information content (AvgIpc) is 2.18. The van der Waals surface area contributed by atoms with Gasteiger partial charge in [-0.05, 0) is 19.4 Å². The molecule has 0 fully saturated rings.